The van der Waals surface area contributed by atoms with Crippen LogP contribution in [-0.2, 0) is 11.3 Å². The minimum Gasteiger partial charge on any atom is -0.370 e. The van der Waals surface area contributed by atoms with E-state index in [1.54, 1.807) is 6.07 Å². The van der Waals surface area contributed by atoms with E-state index in [4.69, 9.17) is 17.6 Å². The Bertz CT molecular complexity index is 1350. The molecule has 0 amide bonds. The number of fused-ring (bicyclic) bond motifs is 2. The number of aromatic nitrogens is 2. The van der Waals surface area contributed by atoms with Crippen molar-refractivity contribution in [3.8, 4) is 6.07 Å². The Morgan fingerprint density at radius 3 is 2.68 bits per heavy atom. The number of piperazine rings is 1. The van der Waals surface area contributed by atoms with Gasteiger partial charge < -0.3 is 19.9 Å². The fraction of sp³-hybridized carbons (Fsp3) is 0.464. The Hall–Kier alpha value is -3.19. The largest absolute Gasteiger partial charge is 0.370 e. The quantitative estimate of drug-likeness (QED) is 0.552. The molecule has 3 aliphatic rings. The topological polar surface area (TPSA) is 80.5 Å². The minimum absolute atomic E-state index is 0.105. The molecule has 0 unspecified atom stereocenters. The zero-order valence-corrected chi connectivity index (χ0v) is 21.5. The molecular formula is C28H32BN7O. The molecule has 1 N–H and O–H groups in total. The van der Waals surface area contributed by atoms with E-state index >= 15 is 0 Å². The number of morpholine rings is 1. The summed E-state index contributed by atoms with van der Waals surface area (Å²) in [6.07, 6.45) is 0.215. The lowest BCUT2D eigenvalue weighted by Crippen LogP contribution is -2.54. The molecule has 0 aliphatic carbocycles. The number of hydrogen-bond donors (Lipinski definition) is 1. The van der Waals surface area contributed by atoms with Gasteiger partial charge in [-0.15, -0.1) is 0 Å². The molecular weight excluding hydrogens is 461 g/mol. The Morgan fingerprint density at radius 2 is 1.86 bits per heavy atom. The first-order chi connectivity index (χ1) is 18.0. The van der Waals surface area contributed by atoms with Crippen LogP contribution in [0.25, 0.3) is 10.9 Å². The van der Waals surface area contributed by atoms with Gasteiger partial charge in [0.05, 0.1) is 29.0 Å². The van der Waals surface area contributed by atoms with Crippen LogP contribution in [0.1, 0.15) is 36.7 Å². The average molecular weight is 493 g/mol. The summed E-state index contributed by atoms with van der Waals surface area (Å²) >= 11 is 0. The zero-order chi connectivity index (χ0) is 25.5. The lowest BCUT2D eigenvalue weighted by atomic mass is 10.00. The van der Waals surface area contributed by atoms with Crippen molar-refractivity contribution in [3.63, 3.8) is 0 Å². The summed E-state index contributed by atoms with van der Waals surface area (Å²) in [6, 6.07) is 14.7. The number of pyridine rings is 2. The number of nitrogens with zero attached hydrogens (tertiary/aromatic N) is 6. The van der Waals surface area contributed by atoms with E-state index in [2.05, 4.69) is 57.0 Å². The van der Waals surface area contributed by atoms with Gasteiger partial charge >= 0.3 is 0 Å². The van der Waals surface area contributed by atoms with Gasteiger partial charge in [-0.2, -0.15) is 5.26 Å². The molecule has 6 rings (SSSR count). The molecule has 9 heteroatoms. The molecule has 0 saturated carbocycles. The summed E-state index contributed by atoms with van der Waals surface area (Å²) < 4.78 is 6.38. The predicted molar refractivity (Wildman–Crippen MR) is 147 cm³/mol. The van der Waals surface area contributed by atoms with Crippen molar-refractivity contribution in [2.75, 3.05) is 55.6 Å². The number of hydrogen-bond acceptors (Lipinski definition) is 8. The number of nitriles is 1. The predicted octanol–water partition coefficient (Wildman–Crippen LogP) is 1.88. The molecule has 37 heavy (non-hydrogen) atoms. The SMILES string of the molecule is [B]c1ccc2c(N3C[C@H](CN4CCN(c5ccc6c(n5)CN[C@H]6C)CC4)O[C@H](C)C3)ccc(C#N)c2n1. The van der Waals surface area contributed by atoms with E-state index in [-0.39, 0.29) is 12.2 Å². The molecule has 3 aromatic rings. The van der Waals surface area contributed by atoms with Crippen molar-refractivity contribution in [2.45, 2.75) is 38.6 Å². The van der Waals surface area contributed by atoms with Crippen molar-refractivity contribution in [3.05, 3.63) is 53.2 Å². The van der Waals surface area contributed by atoms with Crippen LogP contribution in [0, 0.1) is 11.3 Å². The maximum absolute atomic E-state index is 9.56. The van der Waals surface area contributed by atoms with Crippen LogP contribution < -0.4 is 20.7 Å². The Balaban J connectivity index is 1.12. The van der Waals surface area contributed by atoms with Crippen LogP contribution in [0.2, 0.25) is 0 Å². The summed E-state index contributed by atoms with van der Waals surface area (Å²) in [6.45, 7) is 11.6. The molecule has 2 aromatic heterocycles. The number of benzene rings is 1. The van der Waals surface area contributed by atoms with Crippen LogP contribution in [0.4, 0.5) is 11.5 Å². The van der Waals surface area contributed by atoms with Gasteiger partial charge in [0.25, 0.3) is 0 Å². The first-order valence-electron chi connectivity index (χ1n) is 13.2. The van der Waals surface area contributed by atoms with E-state index in [1.165, 1.54) is 11.3 Å². The molecule has 2 saturated heterocycles. The Kier molecular flexibility index (Phi) is 6.49. The van der Waals surface area contributed by atoms with Crippen molar-refractivity contribution < 1.29 is 4.74 Å². The highest BCUT2D eigenvalue weighted by Gasteiger charge is 2.30. The van der Waals surface area contributed by atoms with Crippen LogP contribution in [-0.4, -0.2) is 80.7 Å². The lowest BCUT2D eigenvalue weighted by molar-refractivity contribution is -0.0327. The monoisotopic (exact) mass is 493 g/mol. The normalized spacial score (nSPS) is 24.3. The summed E-state index contributed by atoms with van der Waals surface area (Å²) in [7, 11) is 5.93. The third kappa shape index (κ3) is 4.77. The maximum Gasteiger partial charge on any atom is 0.141 e. The number of nitrogens with one attached hydrogen (secondary N) is 1. The van der Waals surface area contributed by atoms with Gasteiger partial charge in [0.15, 0.2) is 0 Å². The highest BCUT2D eigenvalue weighted by atomic mass is 16.5. The molecule has 3 atom stereocenters. The lowest BCUT2D eigenvalue weighted by Gasteiger charge is -2.42. The van der Waals surface area contributed by atoms with Gasteiger partial charge in [-0.25, -0.2) is 4.98 Å². The zero-order valence-electron chi connectivity index (χ0n) is 21.5. The third-order valence-electron chi connectivity index (χ3n) is 7.84. The molecule has 2 radical (unpaired) electrons. The fourth-order valence-corrected chi connectivity index (χ4v) is 5.95. The molecule has 0 bridgehead atoms. The first-order valence-corrected chi connectivity index (χ1v) is 13.2. The first kappa shape index (κ1) is 24.2. The van der Waals surface area contributed by atoms with Crippen molar-refractivity contribution >= 4 is 35.8 Å². The minimum atomic E-state index is 0.105. The Labute approximate surface area is 219 Å². The van der Waals surface area contributed by atoms with Crippen LogP contribution in [0.3, 0.4) is 0 Å². The summed E-state index contributed by atoms with van der Waals surface area (Å²) in [5.74, 6) is 1.09. The smallest absolute Gasteiger partial charge is 0.141 e. The van der Waals surface area contributed by atoms with Crippen LogP contribution in [0.5, 0.6) is 0 Å². The fourth-order valence-electron chi connectivity index (χ4n) is 5.95. The highest BCUT2D eigenvalue weighted by Crippen LogP contribution is 2.30. The van der Waals surface area contributed by atoms with Crippen LogP contribution in [0.15, 0.2) is 36.4 Å². The second kappa shape index (κ2) is 9.94. The van der Waals surface area contributed by atoms with E-state index in [1.807, 2.05) is 18.2 Å². The molecule has 0 spiro atoms. The van der Waals surface area contributed by atoms with Gasteiger partial charge in [-0.05, 0) is 49.3 Å². The van der Waals surface area contributed by atoms with E-state index in [0.717, 1.165) is 69.2 Å². The summed E-state index contributed by atoms with van der Waals surface area (Å²) in [5, 5.41) is 14.0. The van der Waals surface area contributed by atoms with E-state index in [0.29, 0.717) is 22.7 Å². The van der Waals surface area contributed by atoms with Crippen molar-refractivity contribution in [1.82, 2.24) is 20.2 Å². The molecule has 188 valence electrons. The molecule has 3 aliphatic heterocycles. The molecule has 2 fully saturated rings. The highest BCUT2D eigenvalue weighted by molar-refractivity contribution is 6.31. The van der Waals surface area contributed by atoms with Crippen LogP contribution >= 0.6 is 0 Å². The van der Waals surface area contributed by atoms with Crippen molar-refractivity contribution in [2.24, 2.45) is 0 Å². The Morgan fingerprint density at radius 1 is 1.03 bits per heavy atom. The standard InChI is InChI=1S/C28H32BN7O/c1-18-15-36(25-6-3-20(13-30)28-23(25)4-7-26(29)33-28)17-21(37-18)16-34-9-11-35(12-10-34)27-8-5-22-19(2)31-14-24(22)32-27/h3-8,18-19,21,31H,9-12,14-17H2,1-2H3/t18-,19+,21+/m1/s1. The molecule has 8 nitrogen and oxygen atoms in total. The second-order valence-electron chi connectivity index (χ2n) is 10.4. The van der Waals surface area contributed by atoms with Gasteiger partial charge in [-0.3, -0.25) is 9.88 Å². The second-order valence-corrected chi connectivity index (χ2v) is 10.4. The van der Waals surface area contributed by atoms with Gasteiger partial charge in [0.1, 0.15) is 19.7 Å². The van der Waals surface area contributed by atoms with Crippen molar-refractivity contribution in [1.29, 1.82) is 5.26 Å². The van der Waals surface area contributed by atoms with E-state index < -0.39 is 0 Å². The van der Waals surface area contributed by atoms with Gasteiger partial charge in [0.2, 0.25) is 0 Å². The summed E-state index contributed by atoms with van der Waals surface area (Å²) in [4.78, 5) is 16.7. The van der Waals surface area contributed by atoms with Gasteiger partial charge in [-0.1, -0.05) is 12.1 Å². The number of rotatable bonds is 4. The number of ether oxygens (including phenoxy) is 1. The third-order valence-corrected chi connectivity index (χ3v) is 7.84. The molecule has 5 heterocycles. The number of anilines is 2. The average Bonchev–Trinajstić information content (AvgIpc) is 3.28. The van der Waals surface area contributed by atoms with E-state index in [9.17, 15) is 5.26 Å². The summed E-state index contributed by atoms with van der Waals surface area (Å²) in [5.41, 5.74) is 5.23. The maximum atomic E-state index is 9.56. The van der Waals surface area contributed by atoms with Gasteiger partial charge in [0, 0.05) is 69.5 Å². The molecule has 1 aromatic carbocycles.